The molecule has 0 aliphatic rings. The Morgan fingerprint density at radius 3 is 2.52 bits per heavy atom. The molecule has 146 valence electrons. The number of nitrogens with zero attached hydrogens (tertiary/aromatic N) is 2. The van der Waals surface area contributed by atoms with Crippen molar-refractivity contribution in [2.24, 2.45) is 0 Å². The van der Waals surface area contributed by atoms with Crippen LogP contribution in [0.2, 0.25) is 0 Å². The quantitative estimate of drug-likeness (QED) is 0.560. The van der Waals surface area contributed by atoms with Gasteiger partial charge in [-0.05, 0) is 52.0 Å². The van der Waals surface area contributed by atoms with Crippen molar-refractivity contribution in [3.05, 3.63) is 56.1 Å². The fourth-order valence-corrected chi connectivity index (χ4v) is 3.86. The molecule has 0 radical (unpaired) electrons. The summed E-state index contributed by atoms with van der Waals surface area (Å²) in [5.74, 6) is -0.610. The third-order valence-corrected chi connectivity index (χ3v) is 5.20. The zero-order valence-corrected chi connectivity index (χ0v) is 17.3. The molecule has 2 heterocycles. The number of hydrogen-bond donors (Lipinski definition) is 0. The number of esters is 1. The van der Waals surface area contributed by atoms with E-state index in [1.54, 1.807) is 31.4 Å². The predicted molar refractivity (Wildman–Crippen MR) is 109 cm³/mol. The predicted octanol–water partition coefficient (Wildman–Crippen LogP) is 3.40. The van der Waals surface area contributed by atoms with Gasteiger partial charge in [-0.25, -0.2) is 9.36 Å². The van der Waals surface area contributed by atoms with Crippen LogP contribution in [0.3, 0.4) is 0 Å². The Hall–Kier alpha value is -2.41. The van der Waals surface area contributed by atoms with Gasteiger partial charge in [0.1, 0.15) is 17.0 Å². The van der Waals surface area contributed by atoms with E-state index in [-0.39, 0.29) is 0 Å². The summed E-state index contributed by atoms with van der Waals surface area (Å²) in [5.41, 5.74) is 0.160. The first-order chi connectivity index (χ1) is 12.6. The second-order valence-electron chi connectivity index (χ2n) is 7.33. The van der Waals surface area contributed by atoms with Crippen LogP contribution < -0.4 is 11.2 Å². The summed E-state index contributed by atoms with van der Waals surface area (Å²) in [4.78, 5) is 38.7. The minimum Gasteiger partial charge on any atom is -0.459 e. The second kappa shape index (κ2) is 8.08. The molecule has 0 aliphatic heterocycles. The van der Waals surface area contributed by atoms with Crippen molar-refractivity contribution in [3.8, 4) is 0 Å². The lowest BCUT2D eigenvalue weighted by molar-refractivity contribution is -0.155. The highest BCUT2D eigenvalue weighted by Crippen LogP contribution is 2.22. The fourth-order valence-electron chi connectivity index (χ4n) is 2.79. The Morgan fingerprint density at radius 2 is 1.96 bits per heavy atom. The number of carbonyl (C=O) groups is 1. The molecule has 0 atom stereocenters. The fraction of sp³-hybridized carbons (Fsp3) is 0.450. The first kappa shape index (κ1) is 20.9. The van der Waals surface area contributed by atoms with Gasteiger partial charge in [0.2, 0.25) is 0 Å². The van der Waals surface area contributed by atoms with Crippen LogP contribution >= 0.6 is 11.3 Å². The van der Waals surface area contributed by atoms with Crippen LogP contribution in [-0.2, 0) is 22.6 Å². The number of ether oxygens (including phenoxy) is 1. The van der Waals surface area contributed by atoms with E-state index in [0.29, 0.717) is 23.2 Å². The molecule has 0 fully saturated rings. The van der Waals surface area contributed by atoms with Crippen molar-refractivity contribution in [3.63, 3.8) is 0 Å². The minimum absolute atomic E-state index is 0.398. The van der Waals surface area contributed by atoms with Gasteiger partial charge in [0.05, 0.1) is 5.39 Å². The van der Waals surface area contributed by atoms with Gasteiger partial charge in [-0.15, -0.1) is 11.3 Å². The van der Waals surface area contributed by atoms with Gasteiger partial charge in [0, 0.05) is 6.54 Å². The topological polar surface area (TPSA) is 70.3 Å². The molecule has 7 heteroatoms. The third-order valence-electron chi connectivity index (χ3n) is 4.09. The molecule has 0 N–H and O–H groups in total. The van der Waals surface area contributed by atoms with Gasteiger partial charge in [-0.3, -0.25) is 14.2 Å². The monoisotopic (exact) mass is 390 g/mol. The van der Waals surface area contributed by atoms with Crippen molar-refractivity contribution in [2.75, 3.05) is 0 Å². The van der Waals surface area contributed by atoms with Crippen molar-refractivity contribution in [1.82, 2.24) is 9.13 Å². The molecule has 0 amide bonds. The van der Waals surface area contributed by atoms with Crippen molar-refractivity contribution in [2.45, 2.75) is 59.7 Å². The van der Waals surface area contributed by atoms with Crippen LogP contribution in [0.4, 0.5) is 0 Å². The smallest absolute Gasteiger partial charge is 0.332 e. The van der Waals surface area contributed by atoms with Crippen LogP contribution in [0.15, 0.2) is 39.3 Å². The number of rotatable bonds is 6. The number of hydrogen-bond acceptors (Lipinski definition) is 5. The molecule has 27 heavy (non-hydrogen) atoms. The van der Waals surface area contributed by atoms with Crippen molar-refractivity contribution in [1.29, 1.82) is 0 Å². The van der Waals surface area contributed by atoms with Crippen molar-refractivity contribution >= 4 is 27.5 Å². The van der Waals surface area contributed by atoms with E-state index in [1.807, 2.05) is 25.3 Å². The van der Waals surface area contributed by atoms with E-state index < -0.39 is 29.4 Å². The highest BCUT2D eigenvalue weighted by molar-refractivity contribution is 7.17. The van der Waals surface area contributed by atoms with Gasteiger partial charge in [0.25, 0.3) is 5.56 Å². The van der Waals surface area contributed by atoms with Crippen LogP contribution in [0, 0.1) is 6.92 Å². The molecule has 6 nitrogen and oxygen atoms in total. The van der Waals surface area contributed by atoms with Gasteiger partial charge in [-0.2, -0.15) is 0 Å². The van der Waals surface area contributed by atoms with E-state index in [9.17, 15) is 14.4 Å². The molecular formula is C20H26N2O4S. The molecule has 0 aliphatic carbocycles. The lowest BCUT2D eigenvalue weighted by Gasteiger charge is -2.20. The molecule has 0 bridgehead atoms. The van der Waals surface area contributed by atoms with E-state index in [2.05, 4.69) is 6.58 Å². The van der Waals surface area contributed by atoms with E-state index in [1.165, 1.54) is 11.3 Å². The number of fused-ring (bicyclic) bond motifs is 1. The van der Waals surface area contributed by atoms with E-state index in [4.69, 9.17) is 4.74 Å². The summed E-state index contributed by atoms with van der Waals surface area (Å²) < 4.78 is 7.81. The number of aryl methyl sites for hydroxylation is 2. The average molecular weight is 391 g/mol. The second-order valence-corrected chi connectivity index (χ2v) is 8.19. The van der Waals surface area contributed by atoms with E-state index >= 15 is 0 Å². The molecule has 0 spiro atoms. The summed E-state index contributed by atoms with van der Waals surface area (Å²) in [6.07, 6.45) is 4.29. The van der Waals surface area contributed by atoms with Gasteiger partial charge in [-0.1, -0.05) is 24.3 Å². The van der Waals surface area contributed by atoms with Gasteiger partial charge in [0.15, 0.2) is 0 Å². The van der Waals surface area contributed by atoms with Crippen LogP contribution in [-0.4, -0.2) is 20.7 Å². The maximum atomic E-state index is 13.0. The molecular weight excluding hydrogens is 364 g/mol. The lowest BCUT2D eigenvalue weighted by atomic mass is 10.2. The highest BCUT2D eigenvalue weighted by Gasteiger charge is 2.21. The third kappa shape index (κ3) is 4.66. The summed E-state index contributed by atoms with van der Waals surface area (Å²) in [5, 5.41) is 2.33. The summed E-state index contributed by atoms with van der Waals surface area (Å²) in [7, 11) is 0. The molecule has 2 aromatic rings. The Bertz CT molecular complexity index is 1020. The minimum atomic E-state index is -0.688. The first-order valence-electron chi connectivity index (χ1n) is 8.80. The average Bonchev–Trinajstić information content (AvgIpc) is 2.95. The van der Waals surface area contributed by atoms with Crippen LogP contribution in [0.5, 0.6) is 0 Å². The molecule has 0 unspecified atom stereocenters. The van der Waals surface area contributed by atoms with Crippen LogP contribution in [0.1, 0.15) is 39.7 Å². The zero-order valence-electron chi connectivity index (χ0n) is 16.5. The highest BCUT2D eigenvalue weighted by atomic mass is 32.1. The molecule has 0 saturated heterocycles. The largest absolute Gasteiger partial charge is 0.459 e. The van der Waals surface area contributed by atoms with E-state index in [0.717, 1.165) is 15.7 Å². The number of carbonyl (C=O) groups excluding carboxylic acids is 1. The van der Waals surface area contributed by atoms with Crippen molar-refractivity contribution < 1.29 is 9.53 Å². The summed E-state index contributed by atoms with van der Waals surface area (Å²) in [6, 6.07) is 0. The first-order valence-corrected chi connectivity index (χ1v) is 9.68. The Kier molecular flexibility index (Phi) is 6.26. The maximum Gasteiger partial charge on any atom is 0.332 e. The molecule has 2 aromatic heterocycles. The normalized spacial score (nSPS) is 12.4. The summed E-state index contributed by atoms with van der Waals surface area (Å²) >= 11 is 1.36. The molecule has 0 aromatic carbocycles. The Morgan fingerprint density at radius 1 is 1.30 bits per heavy atom. The number of thiophene rings is 1. The molecule has 2 rings (SSSR count). The SMILES string of the molecule is C=C/C(=C\C)CCn1c(=O)n(CC(=O)OC(C)(C)C)c(=O)c2c(C)csc21. The zero-order chi connectivity index (χ0) is 20.4. The summed E-state index contributed by atoms with van der Waals surface area (Å²) in [6.45, 7) is 12.7. The Labute approximate surface area is 162 Å². The molecule has 0 saturated carbocycles. The van der Waals surface area contributed by atoms with Crippen LogP contribution in [0.25, 0.3) is 10.2 Å². The Balaban J connectivity index is 2.56. The number of allylic oxidation sites excluding steroid dienone is 3. The lowest BCUT2D eigenvalue weighted by Crippen LogP contribution is -2.42. The standard InChI is InChI=1S/C20H26N2O4S/c1-7-14(8-2)9-10-21-18-16(13(3)12-27-18)17(24)22(19(21)25)11-15(23)26-20(4,5)6/h7-8,12H,1,9-11H2,2-6H3/b14-8+. The van der Waals surface area contributed by atoms with Gasteiger partial charge >= 0.3 is 11.7 Å². The van der Waals surface area contributed by atoms with Gasteiger partial charge < -0.3 is 4.74 Å². The maximum absolute atomic E-state index is 13.0. The number of aromatic nitrogens is 2.